The van der Waals surface area contributed by atoms with Gasteiger partial charge in [-0.25, -0.2) is 0 Å². The van der Waals surface area contributed by atoms with Crippen molar-refractivity contribution < 1.29 is 4.79 Å². The van der Waals surface area contributed by atoms with E-state index in [1.807, 2.05) is 36.4 Å². The molecule has 2 rings (SSSR count). The molecule has 0 heterocycles. The standard InChI is InChI=1S/C12H13NO/c14-12(10-6-4-5-7-10)13-11-8-2-1-3-9-11/h1-4,6,8-10H,5,7H2,(H,13,14). The second-order valence-electron chi connectivity index (χ2n) is 3.47. The zero-order valence-electron chi connectivity index (χ0n) is 7.94. The first-order valence-electron chi connectivity index (χ1n) is 4.89. The molecule has 1 unspecified atom stereocenters. The molecule has 0 saturated heterocycles. The van der Waals surface area contributed by atoms with E-state index in [9.17, 15) is 4.79 Å². The van der Waals surface area contributed by atoms with Crippen LogP contribution in [0.25, 0.3) is 0 Å². The fourth-order valence-corrected chi connectivity index (χ4v) is 1.61. The Hall–Kier alpha value is -1.57. The van der Waals surface area contributed by atoms with Crippen LogP contribution in [0.2, 0.25) is 0 Å². The Labute approximate surface area is 83.6 Å². The van der Waals surface area contributed by atoms with E-state index in [4.69, 9.17) is 0 Å². The number of amides is 1. The summed E-state index contributed by atoms with van der Waals surface area (Å²) in [6.45, 7) is 0. The number of benzene rings is 1. The average Bonchev–Trinajstić information content (AvgIpc) is 2.72. The van der Waals surface area contributed by atoms with Crippen molar-refractivity contribution >= 4 is 11.6 Å². The van der Waals surface area contributed by atoms with E-state index >= 15 is 0 Å². The molecule has 0 spiro atoms. The fourth-order valence-electron chi connectivity index (χ4n) is 1.61. The highest BCUT2D eigenvalue weighted by atomic mass is 16.1. The van der Waals surface area contributed by atoms with Gasteiger partial charge < -0.3 is 5.32 Å². The van der Waals surface area contributed by atoms with Gasteiger partial charge in [-0.15, -0.1) is 0 Å². The second kappa shape index (κ2) is 4.09. The highest BCUT2D eigenvalue weighted by Gasteiger charge is 2.17. The summed E-state index contributed by atoms with van der Waals surface area (Å²) in [6, 6.07) is 9.57. The topological polar surface area (TPSA) is 29.1 Å². The van der Waals surface area contributed by atoms with Gasteiger partial charge in [-0.1, -0.05) is 30.4 Å². The van der Waals surface area contributed by atoms with Gasteiger partial charge in [0.2, 0.25) is 5.91 Å². The highest BCUT2D eigenvalue weighted by molar-refractivity contribution is 5.93. The quantitative estimate of drug-likeness (QED) is 0.708. The highest BCUT2D eigenvalue weighted by Crippen LogP contribution is 2.18. The maximum absolute atomic E-state index is 11.7. The number of anilines is 1. The summed E-state index contributed by atoms with van der Waals surface area (Å²) in [5.41, 5.74) is 0.873. The predicted molar refractivity (Wildman–Crippen MR) is 56.9 cm³/mol. The van der Waals surface area contributed by atoms with Crippen molar-refractivity contribution in [3.63, 3.8) is 0 Å². The normalized spacial score (nSPS) is 19.6. The molecule has 1 aromatic rings. The van der Waals surface area contributed by atoms with E-state index in [0.29, 0.717) is 0 Å². The number of nitrogens with one attached hydrogen (secondary N) is 1. The summed E-state index contributed by atoms with van der Waals surface area (Å²) in [5, 5.41) is 2.89. The molecule has 1 aliphatic carbocycles. The Morgan fingerprint density at radius 3 is 2.71 bits per heavy atom. The monoisotopic (exact) mass is 187 g/mol. The summed E-state index contributed by atoms with van der Waals surface area (Å²) in [6.07, 6.45) is 6.01. The first-order chi connectivity index (χ1) is 6.86. The van der Waals surface area contributed by atoms with Crippen LogP contribution in [-0.4, -0.2) is 5.91 Å². The van der Waals surface area contributed by atoms with Gasteiger partial charge in [0.05, 0.1) is 5.92 Å². The maximum Gasteiger partial charge on any atom is 0.231 e. The molecular weight excluding hydrogens is 174 g/mol. The minimum absolute atomic E-state index is 0.0650. The van der Waals surface area contributed by atoms with Crippen LogP contribution >= 0.6 is 0 Å². The number of rotatable bonds is 2. The number of carbonyl (C=O) groups is 1. The lowest BCUT2D eigenvalue weighted by molar-refractivity contribution is -0.118. The summed E-state index contributed by atoms with van der Waals surface area (Å²) < 4.78 is 0. The Morgan fingerprint density at radius 1 is 1.29 bits per heavy atom. The molecule has 14 heavy (non-hydrogen) atoms. The van der Waals surface area contributed by atoms with E-state index < -0.39 is 0 Å². The summed E-state index contributed by atoms with van der Waals surface area (Å²) in [4.78, 5) is 11.7. The Balaban J connectivity index is 1.98. The van der Waals surface area contributed by atoms with E-state index in [1.54, 1.807) is 0 Å². The summed E-state index contributed by atoms with van der Waals surface area (Å²) in [7, 11) is 0. The van der Waals surface area contributed by atoms with Crippen LogP contribution in [0.1, 0.15) is 12.8 Å². The molecule has 1 N–H and O–H groups in total. The van der Waals surface area contributed by atoms with Crippen molar-refractivity contribution in [1.29, 1.82) is 0 Å². The zero-order valence-corrected chi connectivity index (χ0v) is 7.94. The van der Waals surface area contributed by atoms with Crippen molar-refractivity contribution in [2.75, 3.05) is 5.32 Å². The SMILES string of the molecule is O=C(Nc1ccccc1)C1C=CCC1. The molecular formula is C12H13NO. The Kier molecular flexibility index (Phi) is 2.63. The third-order valence-electron chi connectivity index (χ3n) is 2.39. The van der Waals surface area contributed by atoms with Crippen molar-refractivity contribution in [3.8, 4) is 0 Å². The first kappa shape index (κ1) is 9.00. The largest absolute Gasteiger partial charge is 0.326 e. The van der Waals surface area contributed by atoms with Crippen molar-refractivity contribution in [3.05, 3.63) is 42.5 Å². The third-order valence-corrected chi connectivity index (χ3v) is 2.39. The van der Waals surface area contributed by atoms with E-state index in [0.717, 1.165) is 18.5 Å². The van der Waals surface area contributed by atoms with Gasteiger partial charge in [-0.2, -0.15) is 0 Å². The number of hydrogen-bond donors (Lipinski definition) is 1. The van der Waals surface area contributed by atoms with E-state index in [-0.39, 0.29) is 11.8 Å². The van der Waals surface area contributed by atoms with Crippen LogP contribution in [0.3, 0.4) is 0 Å². The second-order valence-corrected chi connectivity index (χ2v) is 3.47. The number of allylic oxidation sites excluding steroid dienone is 1. The minimum atomic E-state index is 0.0650. The average molecular weight is 187 g/mol. The van der Waals surface area contributed by atoms with Crippen LogP contribution in [0.4, 0.5) is 5.69 Å². The number of carbonyl (C=O) groups excluding carboxylic acids is 1. The van der Waals surface area contributed by atoms with E-state index in [2.05, 4.69) is 11.4 Å². The van der Waals surface area contributed by atoms with Gasteiger partial charge in [0.15, 0.2) is 0 Å². The third kappa shape index (κ3) is 2.02. The molecule has 1 aliphatic rings. The van der Waals surface area contributed by atoms with Gasteiger partial charge in [-0.05, 0) is 25.0 Å². The number of para-hydroxylation sites is 1. The molecule has 0 aliphatic heterocycles. The molecule has 0 bridgehead atoms. The van der Waals surface area contributed by atoms with Crippen molar-refractivity contribution in [1.82, 2.24) is 0 Å². The Bertz CT molecular complexity index is 343. The van der Waals surface area contributed by atoms with Crippen LogP contribution in [-0.2, 0) is 4.79 Å². The predicted octanol–water partition coefficient (Wildman–Crippen LogP) is 2.59. The molecule has 2 heteroatoms. The van der Waals surface area contributed by atoms with Crippen LogP contribution in [0, 0.1) is 5.92 Å². The fraction of sp³-hybridized carbons (Fsp3) is 0.250. The smallest absolute Gasteiger partial charge is 0.231 e. The molecule has 0 radical (unpaired) electrons. The van der Waals surface area contributed by atoms with E-state index in [1.165, 1.54) is 0 Å². The van der Waals surface area contributed by atoms with Crippen molar-refractivity contribution in [2.45, 2.75) is 12.8 Å². The number of hydrogen-bond acceptors (Lipinski definition) is 1. The van der Waals surface area contributed by atoms with Crippen LogP contribution < -0.4 is 5.32 Å². The zero-order chi connectivity index (χ0) is 9.80. The lowest BCUT2D eigenvalue weighted by Gasteiger charge is -2.08. The molecule has 1 aromatic carbocycles. The van der Waals surface area contributed by atoms with Gasteiger partial charge >= 0.3 is 0 Å². The molecule has 0 aromatic heterocycles. The lowest BCUT2D eigenvalue weighted by Crippen LogP contribution is -2.19. The molecule has 1 amide bonds. The van der Waals surface area contributed by atoms with Gasteiger partial charge in [-0.3, -0.25) is 4.79 Å². The molecule has 1 atom stereocenters. The van der Waals surface area contributed by atoms with Crippen LogP contribution in [0.15, 0.2) is 42.5 Å². The summed E-state index contributed by atoms with van der Waals surface area (Å²) in [5.74, 6) is 0.167. The van der Waals surface area contributed by atoms with Gasteiger partial charge in [0.1, 0.15) is 0 Å². The summed E-state index contributed by atoms with van der Waals surface area (Å²) >= 11 is 0. The molecule has 0 fully saturated rings. The maximum atomic E-state index is 11.7. The molecule has 72 valence electrons. The Morgan fingerprint density at radius 2 is 2.07 bits per heavy atom. The van der Waals surface area contributed by atoms with Gasteiger partial charge in [0, 0.05) is 5.69 Å². The van der Waals surface area contributed by atoms with Crippen molar-refractivity contribution in [2.24, 2.45) is 5.92 Å². The molecule has 0 saturated carbocycles. The van der Waals surface area contributed by atoms with Crippen LogP contribution in [0.5, 0.6) is 0 Å². The lowest BCUT2D eigenvalue weighted by atomic mass is 10.1. The van der Waals surface area contributed by atoms with Gasteiger partial charge in [0.25, 0.3) is 0 Å². The minimum Gasteiger partial charge on any atom is -0.326 e. The molecule has 2 nitrogen and oxygen atoms in total. The first-order valence-corrected chi connectivity index (χ1v) is 4.89.